The Kier molecular flexibility index (Phi) is 4.27. The van der Waals surface area contributed by atoms with Crippen molar-refractivity contribution in [2.45, 2.75) is 20.1 Å². The standard InChI is InChI=1S/C14H15N3O3/c1-9-12(13(19)20)7-16-14(17-9)15-6-10-2-4-11(8-18)5-3-10/h2-5,7,18H,6,8H2,1H3,(H,19,20)(H,15,16,17). The first kappa shape index (κ1) is 14.0. The predicted molar refractivity (Wildman–Crippen MR) is 73.4 cm³/mol. The molecule has 1 aromatic carbocycles. The molecule has 0 spiro atoms. The topological polar surface area (TPSA) is 95.3 Å². The predicted octanol–water partition coefficient (Wildman–Crippen LogP) is 1.59. The number of aryl methyl sites for hydroxylation is 1. The number of aromatic nitrogens is 2. The Balaban J connectivity index is 2.03. The van der Waals surface area contributed by atoms with Crippen LogP contribution in [-0.4, -0.2) is 26.2 Å². The van der Waals surface area contributed by atoms with Gasteiger partial charge in [-0.15, -0.1) is 0 Å². The Morgan fingerprint density at radius 3 is 2.45 bits per heavy atom. The fraction of sp³-hybridized carbons (Fsp3) is 0.214. The molecule has 0 unspecified atom stereocenters. The average Bonchev–Trinajstić information content (AvgIpc) is 2.45. The molecule has 2 aromatic rings. The van der Waals surface area contributed by atoms with Gasteiger partial charge in [-0.1, -0.05) is 24.3 Å². The van der Waals surface area contributed by atoms with Gasteiger partial charge in [-0.2, -0.15) is 0 Å². The molecule has 0 amide bonds. The number of carboxylic acid groups (broad SMARTS) is 1. The summed E-state index contributed by atoms with van der Waals surface area (Å²) >= 11 is 0. The number of nitrogens with zero attached hydrogens (tertiary/aromatic N) is 2. The second kappa shape index (κ2) is 6.12. The molecule has 0 radical (unpaired) electrons. The van der Waals surface area contributed by atoms with E-state index in [1.54, 1.807) is 6.92 Å². The van der Waals surface area contributed by atoms with Crippen molar-refractivity contribution < 1.29 is 15.0 Å². The van der Waals surface area contributed by atoms with Crippen molar-refractivity contribution in [3.05, 3.63) is 52.8 Å². The van der Waals surface area contributed by atoms with E-state index in [9.17, 15) is 4.79 Å². The second-order valence-corrected chi connectivity index (χ2v) is 4.33. The van der Waals surface area contributed by atoms with Crippen LogP contribution in [-0.2, 0) is 13.2 Å². The van der Waals surface area contributed by atoms with Gasteiger partial charge >= 0.3 is 5.97 Å². The summed E-state index contributed by atoms with van der Waals surface area (Å²) in [6, 6.07) is 7.49. The lowest BCUT2D eigenvalue weighted by molar-refractivity contribution is 0.0695. The number of nitrogens with one attached hydrogen (secondary N) is 1. The van der Waals surface area contributed by atoms with Gasteiger partial charge in [-0.3, -0.25) is 0 Å². The third kappa shape index (κ3) is 3.30. The zero-order valence-corrected chi connectivity index (χ0v) is 11.0. The summed E-state index contributed by atoms with van der Waals surface area (Å²) in [6.45, 7) is 2.18. The summed E-state index contributed by atoms with van der Waals surface area (Å²) in [5.41, 5.74) is 2.39. The molecular formula is C14H15N3O3. The molecule has 0 aliphatic rings. The molecule has 0 bridgehead atoms. The Hall–Kier alpha value is -2.47. The number of carboxylic acids is 1. The summed E-state index contributed by atoms with van der Waals surface area (Å²) < 4.78 is 0. The summed E-state index contributed by atoms with van der Waals surface area (Å²) in [7, 11) is 0. The molecule has 1 aromatic heterocycles. The van der Waals surface area contributed by atoms with Gasteiger partial charge in [0.1, 0.15) is 0 Å². The molecule has 0 fully saturated rings. The monoisotopic (exact) mass is 273 g/mol. The van der Waals surface area contributed by atoms with Crippen molar-refractivity contribution in [1.29, 1.82) is 0 Å². The van der Waals surface area contributed by atoms with Gasteiger partial charge in [-0.25, -0.2) is 14.8 Å². The number of carbonyl (C=O) groups is 1. The average molecular weight is 273 g/mol. The van der Waals surface area contributed by atoms with E-state index in [2.05, 4.69) is 15.3 Å². The van der Waals surface area contributed by atoms with Crippen LogP contribution in [0.2, 0.25) is 0 Å². The third-order valence-electron chi connectivity index (χ3n) is 2.87. The minimum Gasteiger partial charge on any atom is -0.478 e. The summed E-state index contributed by atoms with van der Waals surface area (Å²) in [5.74, 6) is -0.646. The molecule has 20 heavy (non-hydrogen) atoms. The first-order valence-electron chi connectivity index (χ1n) is 6.09. The van der Waals surface area contributed by atoms with E-state index in [1.165, 1.54) is 6.20 Å². The maximum absolute atomic E-state index is 10.9. The Morgan fingerprint density at radius 1 is 1.25 bits per heavy atom. The molecular weight excluding hydrogens is 258 g/mol. The number of hydrogen-bond donors (Lipinski definition) is 3. The number of anilines is 1. The highest BCUT2D eigenvalue weighted by atomic mass is 16.4. The molecule has 0 saturated carbocycles. The number of aliphatic hydroxyl groups is 1. The van der Waals surface area contributed by atoms with Crippen LogP contribution < -0.4 is 5.32 Å². The van der Waals surface area contributed by atoms with Crippen molar-refractivity contribution in [1.82, 2.24) is 9.97 Å². The minimum absolute atomic E-state index is 0.0205. The molecule has 0 saturated heterocycles. The van der Waals surface area contributed by atoms with Crippen LogP contribution in [0.5, 0.6) is 0 Å². The van der Waals surface area contributed by atoms with Crippen LogP contribution in [0.3, 0.4) is 0 Å². The number of hydrogen-bond acceptors (Lipinski definition) is 5. The number of benzene rings is 1. The lowest BCUT2D eigenvalue weighted by atomic mass is 10.1. The zero-order chi connectivity index (χ0) is 14.5. The van der Waals surface area contributed by atoms with Gasteiger partial charge in [0, 0.05) is 12.7 Å². The van der Waals surface area contributed by atoms with Gasteiger partial charge in [0.2, 0.25) is 5.95 Å². The van der Waals surface area contributed by atoms with Crippen molar-refractivity contribution in [2.75, 3.05) is 5.32 Å². The van der Waals surface area contributed by atoms with Crippen molar-refractivity contribution in [3.63, 3.8) is 0 Å². The zero-order valence-electron chi connectivity index (χ0n) is 11.0. The van der Waals surface area contributed by atoms with E-state index in [0.717, 1.165) is 11.1 Å². The highest BCUT2D eigenvalue weighted by Crippen LogP contribution is 2.09. The summed E-state index contributed by atoms with van der Waals surface area (Å²) in [6.07, 6.45) is 1.29. The van der Waals surface area contributed by atoms with Crippen LogP contribution >= 0.6 is 0 Å². The van der Waals surface area contributed by atoms with Gasteiger partial charge in [0.15, 0.2) is 0 Å². The molecule has 104 valence electrons. The van der Waals surface area contributed by atoms with Crippen molar-refractivity contribution in [3.8, 4) is 0 Å². The van der Waals surface area contributed by atoms with E-state index in [-0.39, 0.29) is 12.2 Å². The molecule has 6 heteroatoms. The Labute approximate surface area is 116 Å². The summed E-state index contributed by atoms with van der Waals surface area (Å²) in [4.78, 5) is 18.9. The van der Waals surface area contributed by atoms with Gasteiger partial charge < -0.3 is 15.5 Å². The van der Waals surface area contributed by atoms with E-state index < -0.39 is 5.97 Å². The Morgan fingerprint density at radius 2 is 1.90 bits per heavy atom. The fourth-order valence-electron chi connectivity index (χ4n) is 1.71. The van der Waals surface area contributed by atoms with E-state index in [4.69, 9.17) is 10.2 Å². The van der Waals surface area contributed by atoms with Crippen molar-refractivity contribution in [2.24, 2.45) is 0 Å². The van der Waals surface area contributed by atoms with E-state index in [0.29, 0.717) is 18.2 Å². The highest BCUT2D eigenvalue weighted by Gasteiger charge is 2.09. The number of aliphatic hydroxyl groups excluding tert-OH is 1. The van der Waals surface area contributed by atoms with Gasteiger partial charge in [-0.05, 0) is 18.1 Å². The first-order valence-corrected chi connectivity index (χ1v) is 6.09. The quantitative estimate of drug-likeness (QED) is 0.765. The molecule has 1 heterocycles. The minimum atomic E-state index is -1.03. The number of rotatable bonds is 5. The maximum atomic E-state index is 10.9. The van der Waals surface area contributed by atoms with Crippen LogP contribution in [0, 0.1) is 6.92 Å². The van der Waals surface area contributed by atoms with Crippen LogP contribution in [0.4, 0.5) is 5.95 Å². The van der Waals surface area contributed by atoms with Crippen molar-refractivity contribution >= 4 is 11.9 Å². The van der Waals surface area contributed by atoms with Crippen LogP contribution in [0.1, 0.15) is 27.2 Å². The number of aromatic carboxylic acids is 1. The highest BCUT2D eigenvalue weighted by molar-refractivity contribution is 5.88. The van der Waals surface area contributed by atoms with Crippen LogP contribution in [0.25, 0.3) is 0 Å². The molecule has 2 rings (SSSR count). The molecule has 3 N–H and O–H groups in total. The van der Waals surface area contributed by atoms with E-state index >= 15 is 0 Å². The molecule has 6 nitrogen and oxygen atoms in total. The molecule has 0 atom stereocenters. The fourth-order valence-corrected chi connectivity index (χ4v) is 1.71. The lowest BCUT2D eigenvalue weighted by Gasteiger charge is -2.07. The summed E-state index contributed by atoms with van der Waals surface area (Å²) in [5, 5.41) is 20.9. The largest absolute Gasteiger partial charge is 0.478 e. The SMILES string of the molecule is Cc1nc(NCc2ccc(CO)cc2)ncc1C(=O)O. The smallest absolute Gasteiger partial charge is 0.339 e. The first-order chi connectivity index (χ1) is 9.60. The normalized spacial score (nSPS) is 10.3. The molecule has 0 aliphatic heterocycles. The maximum Gasteiger partial charge on any atom is 0.339 e. The lowest BCUT2D eigenvalue weighted by Crippen LogP contribution is -2.08. The Bertz CT molecular complexity index is 612. The van der Waals surface area contributed by atoms with E-state index in [1.807, 2.05) is 24.3 Å². The molecule has 0 aliphatic carbocycles. The third-order valence-corrected chi connectivity index (χ3v) is 2.87. The second-order valence-electron chi connectivity index (χ2n) is 4.33. The van der Waals surface area contributed by atoms with Gasteiger partial charge in [0.25, 0.3) is 0 Å². The van der Waals surface area contributed by atoms with Crippen LogP contribution in [0.15, 0.2) is 30.5 Å². The van der Waals surface area contributed by atoms with Gasteiger partial charge in [0.05, 0.1) is 17.9 Å².